The highest BCUT2D eigenvalue weighted by Crippen LogP contribution is 2.28. The van der Waals surface area contributed by atoms with Gasteiger partial charge in [0.25, 0.3) is 5.91 Å². The summed E-state index contributed by atoms with van der Waals surface area (Å²) in [5, 5.41) is 0. The van der Waals surface area contributed by atoms with Crippen molar-refractivity contribution in [3.63, 3.8) is 0 Å². The van der Waals surface area contributed by atoms with Gasteiger partial charge >= 0.3 is 0 Å². The minimum absolute atomic E-state index is 0.0685. The lowest BCUT2D eigenvalue weighted by atomic mass is 9.89. The largest absolute Gasteiger partial charge is 0.339 e. The molecule has 0 saturated carbocycles. The lowest BCUT2D eigenvalue weighted by Gasteiger charge is -2.22. The lowest BCUT2D eigenvalue weighted by Crippen LogP contribution is -2.32. The zero-order valence-electron chi connectivity index (χ0n) is 19.6. The van der Waals surface area contributed by atoms with Crippen LogP contribution in [0.2, 0.25) is 0 Å². The van der Waals surface area contributed by atoms with Crippen molar-refractivity contribution >= 4 is 27.7 Å². The molecule has 1 saturated heterocycles. The Bertz CT molecular complexity index is 1110. The monoisotopic (exact) mass is 486 g/mol. The molecule has 1 aliphatic heterocycles. The fourth-order valence-corrected chi connectivity index (χ4v) is 6.69. The Morgan fingerprint density at radius 1 is 0.939 bits per heavy atom. The van der Waals surface area contributed by atoms with Crippen molar-refractivity contribution < 1.29 is 13.2 Å². The molecule has 33 heavy (non-hydrogen) atoms. The molecule has 1 N–H and O–H groups in total. The third-order valence-electron chi connectivity index (χ3n) is 6.81. The molecule has 1 amide bonds. The molecule has 0 bridgehead atoms. The van der Waals surface area contributed by atoms with Crippen molar-refractivity contribution in [1.29, 1.82) is 0 Å². The summed E-state index contributed by atoms with van der Waals surface area (Å²) >= 11 is 1.47. The van der Waals surface area contributed by atoms with Gasteiger partial charge < -0.3 is 4.90 Å². The van der Waals surface area contributed by atoms with Crippen molar-refractivity contribution in [1.82, 2.24) is 9.62 Å². The number of thioether (sulfide) groups is 1. The van der Waals surface area contributed by atoms with Gasteiger partial charge in [-0.25, -0.2) is 13.1 Å². The number of carbonyl (C=O) groups excluding carboxylic acids is 1. The number of benzene rings is 2. The molecule has 7 heteroatoms. The van der Waals surface area contributed by atoms with E-state index < -0.39 is 10.0 Å². The number of likely N-dealkylation sites (tertiary alicyclic amines) is 1. The number of nitrogens with zero attached hydrogens (tertiary/aromatic N) is 1. The van der Waals surface area contributed by atoms with Crippen molar-refractivity contribution in [2.24, 2.45) is 0 Å². The van der Waals surface area contributed by atoms with Crippen LogP contribution < -0.4 is 4.72 Å². The minimum atomic E-state index is -3.78. The van der Waals surface area contributed by atoms with Gasteiger partial charge in [-0.1, -0.05) is 31.0 Å². The number of rotatable bonds is 6. The van der Waals surface area contributed by atoms with Crippen molar-refractivity contribution in [2.75, 3.05) is 19.3 Å². The normalized spacial score (nSPS) is 17.8. The van der Waals surface area contributed by atoms with Crippen LogP contribution in [0.3, 0.4) is 0 Å². The zero-order chi connectivity index (χ0) is 23.4. The number of aryl methyl sites for hydroxylation is 2. The molecule has 178 valence electrons. The minimum Gasteiger partial charge on any atom is -0.339 e. The fourth-order valence-electron chi connectivity index (χ4n) is 4.86. The van der Waals surface area contributed by atoms with Crippen LogP contribution in [0.1, 0.15) is 78.5 Å². The van der Waals surface area contributed by atoms with Crippen molar-refractivity contribution in [3.05, 3.63) is 58.7 Å². The Morgan fingerprint density at radius 2 is 1.64 bits per heavy atom. The molecule has 1 aliphatic carbocycles. The molecule has 2 aromatic rings. The van der Waals surface area contributed by atoms with E-state index in [9.17, 15) is 13.2 Å². The van der Waals surface area contributed by atoms with Gasteiger partial charge in [0.05, 0.1) is 10.5 Å². The molecule has 0 radical (unpaired) electrons. The summed E-state index contributed by atoms with van der Waals surface area (Å²) in [5.74, 6) is -0.0685. The molecule has 1 atom stereocenters. The number of hydrogen-bond donors (Lipinski definition) is 1. The predicted molar refractivity (Wildman–Crippen MR) is 134 cm³/mol. The second-order valence-corrected chi connectivity index (χ2v) is 11.7. The quantitative estimate of drug-likeness (QED) is 0.560. The van der Waals surface area contributed by atoms with Crippen LogP contribution in [0.25, 0.3) is 0 Å². The number of nitrogens with one attached hydrogen (secondary N) is 1. The van der Waals surface area contributed by atoms with Gasteiger partial charge in [-0.05, 0) is 86.6 Å². The maximum atomic E-state index is 13.3. The van der Waals surface area contributed by atoms with E-state index in [4.69, 9.17) is 0 Å². The van der Waals surface area contributed by atoms with Crippen LogP contribution in [0.4, 0.5) is 0 Å². The Hall–Kier alpha value is -1.83. The molecular weight excluding hydrogens is 452 g/mol. The third kappa shape index (κ3) is 5.64. The fraction of sp³-hybridized carbons (Fsp3) is 0.500. The second-order valence-electron chi connectivity index (χ2n) is 9.15. The Labute approximate surface area is 202 Å². The summed E-state index contributed by atoms with van der Waals surface area (Å²) in [6.07, 6.45) is 10.8. The summed E-state index contributed by atoms with van der Waals surface area (Å²) in [4.78, 5) is 16.1. The molecule has 5 nitrogen and oxygen atoms in total. The van der Waals surface area contributed by atoms with Gasteiger partial charge in [-0.15, -0.1) is 11.8 Å². The average Bonchev–Trinajstić information content (AvgIpc) is 3.12. The standard InChI is InChI=1S/C26H34N2O3S2/c1-19(21-12-11-20-9-5-6-10-22(20)17-21)27-33(30,31)23-13-14-25(32-2)24(18-23)26(29)28-15-7-3-4-8-16-28/h11-14,17-19,27H,3-10,15-16H2,1-2H3/t19-/m1/s1. The van der Waals surface area contributed by atoms with E-state index in [1.165, 1.54) is 35.7 Å². The summed E-state index contributed by atoms with van der Waals surface area (Å²) in [7, 11) is -3.78. The Balaban J connectivity index is 1.57. The van der Waals surface area contributed by atoms with E-state index in [0.29, 0.717) is 5.56 Å². The van der Waals surface area contributed by atoms with Crippen LogP contribution in [0.5, 0.6) is 0 Å². The second kappa shape index (κ2) is 10.6. The van der Waals surface area contributed by atoms with E-state index in [-0.39, 0.29) is 16.8 Å². The SMILES string of the molecule is CSc1ccc(S(=O)(=O)N[C@H](C)c2ccc3c(c2)CCCC3)cc1C(=O)N1CCCCCC1. The Morgan fingerprint density at radius 3 is 2.33 bits per heavy atom. The first-order valence-electron chi connectivity index (χ1n) is 12.0. The molecule has 0 spiro atoms. The molecule has 0 unspecified atom stereocenters. The molecule has 2 aromatic carbocycles. The molecular formula is C26H34N2O3S2. The van der Waals surface area contributed by atoms with E-state index in [0.717, 1.165) is 62.1 Å². The highest BCUT2D eigenvalue weighted by molar-refractivity contribution is 7.98. The number of sulfonamides is 1. The van der Waals surface area contributed by atoms with Crippen LogP contribution in [-0.2, 0) is 22.9 Å². The van der Waals surface area contributed by atoms with Gasteiger partial charge in [-0.2, -0.15) is 0 Å². The predicted octanol–water partition coefficient (Wildman–Crippen LogP) is 5.34. The average molecular weight is 487 g/mol. The topological polar surface area (TPSA) is 66.5 Å². The van der Waals surface area contributed by atoms with Gasteiger partial charge in [-0.3, -0.25) is 4.79 Å². The highest BCUT2D eigenvalue weighted by atomic mass is 32.2. The Kier molecular flexibility index (Phi) is 7.82. The van der Waals surface area contributed by atoms with Gasteiger partial charge in [0.15, 0.2) is 0 Å². The zero-order valence-corrected chi connectivity index (χ0v) is 21.2. The molecule has 4 rings (SSSR count). The van der Waals surface area contributed by atoms with Crippen LogP contribution in [-0.4, -0.2) is 38.6 Å². The maximum Gasteiger partial charge on any atom is 0.255 e. The van der Waals surface area contributed by atoms with Crippen molar-refractivity contribution in [3.8, 4) is 0 Å². The van der Waals surface area contributed by atoms with Crippen LogP contribution >= 0.6 is 11.8 Å². The highest BCUT2D eigenvalue weighted by Gasteiger charge is 2.25. The molecule has 1 fully saturated rings. The smallest absolute Gasteiger partial charge is 0.255 e. The summed E-state index contributed by atoms with van der Waals surface area (Å²) in [6.45, 7) is 3.34. The van der Waals surface area contributed by atoms with Crippen LogP contribution in [0.15, 0.2) is 46.2 Å². The van der Waals surface area contributed by atoms with Crippen molar-refractivity contribution in [2.45, 2.75) is 74.1 Å². The first-order valence-corrected chi connectivity index (χ1v) is 14.7. The van der Waals surface area contributed by atoms with E-state index >= 15 is 0 Å². The third-order valence-corrected chi connectivity index (χ3v) is 9.14. The molecule has 0 aromatic heterocycles. The maximum absolute atomic E-state index is 13.3. The number of carbonyl (C=O) groups is 1. The number of fused-ring (bicyclic) bond motifs is 1. The summed E-state index contributed by atoms with van der Waals surface area (Å²) < 4.78 is 29.4. The van der Waals surface area contributed by atoms with Gasteiger partial charge in [0.1, 0.15) is 0 Å². The number of amides is 1. The van der Waals surface area contributed by atoms with Gasteiger partial charge in [0, 0.05) is 24.0 Å². The lowest BCUT2D eigenvalue weighted by molar-refractivity contribution is 0.0758. The summed E-state index contributed by atoms with van der Waals surface area (Å²) in [5.41, 5.74) is 4.17. The van der Waals surface area contributed by atoms with Crippen LogP contribution in [0, 0.1) is 0 Å². The molecule has 1 heterocycles. The first kappa shape index (κ1) is 24.3. The van der Waals surface area contributed by atoms with E-state index in [2.05, 4.69) is 16.9 Å². The summed E-state index contributed by atoms with van der Waals surface area (Å²) in [6, 6.07) is 10.9. The number of hydrogen-bond acceptors (Lipinski definition) is 4. The first-order chi connectivity index (χ1) is 15.9. The van der Waals surface area contributed by atoms with E-state index in [1.54, 1.807) is 18.2 Å². The molecule has 2 aliphatic rings. The van der Waals surface area contributed by atoms with E-state index in [1.807, 2.05) is 24.1 Å². The van der Waals surface area contributed by atoms with Gasteiger partial charge in [0.2, 0.25) is 10.0 Å².